The predicted octanol–water partition coefficient (Wildman–Crippen LogP) is 3.33. The van der Waals surface area contributed by atoms with Crippen molar-refractivity contribution in [3.05, 3.63) is 71.8 Å². The second-order valence-corrected chi connectivity index (χ2v) is 8.02. The molecule has 2 aromatic carbocycles. The zero-order chi connectivity index (χ0) is 13.1. The van der Waals surface area contributed by atoms with Crippen molar-refractivity contribution < 1.29 is 5.11 Å². The Hall–Kier alpha value is -1.08. The van der Waals surface area contributed by atoms with Gasteiger partial charge in [0.1, 0.15) is 0 Å². The quantitative estimate of drug-likeness (QED) is 0.843. The van der Waals surface area contributed by atoms with E-state index in [2.05, 4.69) is 60.7 Å². The van der Waals surface area contributed by atoms with E-state index < -0.39 is 0 Å². The summed E-state index contributed by atoms with van der Waals surface area (Å²) < 4.78 is 0. The molecule has 3 rings (SSSR count). The van der Waals surface area contributed by atoms with Crippen molar-refractivity contribution in [1.29, 1.82) is 0 Å². The molecule has 2 unspecified atom stereocenters. The van der Waals surface area contributed by atoms with Crippen molar-refractivity contribution in [2.75, 3.05) is 0 Å². The van der Waals surface area contributed by atoms with Crippen LogP contribution in [-0.2, 0) is 0 Å². The third kappa shape index (κ3) is 3.09. The van der Waals surface area contributed by atoms with Crippen LogP contribution in [0.4, 0.5) is 0 Å². The number of benzene rings is 2. The zero-order valence-electron chi connectivity index (χ0n) is 10.8. The van der Waals surface area contributed by atoms with Gasteiger partial charge in [-0.15, -0.1) is 0 Å². The van der Waals surface area contributed by atoms with Crippen LogP contribution < -0.4 is 0 Å². The first-order valence-electron chi connectivity index (χ1n) is 6.76. The molecule has 19 heavy (non-hydrogen) atoms. The summed E-state index contributed by atoms with van der Waals surface area (Å²) in [5.74, 6) is 0. The summed E-state index contributed by atoms with van der Waals surface area (Å²) in [5.41, 5.74) is 2.78. The van der Waals surface area contributed by atoms with Gasteiger partial charge in [-0.05, 0) is 0 Å². The average molecular weight is 317 g/mol. The van der Waals surface area contributed by atoms with Gasteiger partial charge in [-0.1, -0.05) is 0 Å². The monoisotopic (exact) mass is 318 g/mol. The molecule has 0 aliphatic carbocycles. The molecule has 1 heterocycles. The van der Waals surface area contributed by atoms with E-state index in [9.17, 15) is 5.11 Å². The van der Waals surface area contributed by atoms with Crippen molar-refractivity contribution >= 4 is 15.0 Å². The van der Waals surface area contributed by atoms with Crippen molar-refractivity contribution in [3.8, 4) is 0 Å². The standard InChI is InChI=1S/C17H18OSe/c18-15-11-16(13-7-3-1-4-8-13)19-17(12-15)14-9-5-2-6-10-14/h1-10,15-18H,11-12H2. The van der Waals surface area contributed by atoms with E-state index >= 15 is 0 Å². The summed E-state index contributed by atoms with van der Waals surface area (Å²) in [4.78, 5) is 1.09. The number of hydrogen-bond donors (Lipinski definition) is 1. The van der Waals surface area contributed by atoms with E-state index in [4.69, 9.17) is 0 Å². The molecule has 98 valence electrons. The molecule has 0 bridgehead atoms. The molecule has 2 heteroatoms. The SMILES string of the molecule is OC1CC(c2ccccc2)[Se]C(c2ccccc2)C1. The molecule has 1 saturated heterocycles. The zero-order valence-corrected chi connectivity index (χ0v) is 12.5. The van der Waals surface area contributed by atoms with E-state index in [1.165, 1.54) is 11.1 Å². The molecule has 2 atom stereocenters. The summed E-state index contributed by atoms with van der Waals surface area (Å²) in [7, 11) is 0. The molecule has 1 fully saturated rings. The molecular formula is C17H18OSe. The van der Waals surface area contributed by atoms with Crippen LogP contribution in [0, 0.1) is 0 Å². The fraction of sp³-hybridized carbons (Fsp3) is 0.294. The fourth-order valence-corrected chi connectivity index (χ4v) is 6.21. The molecule has 1 nitrogen and oxygen atoms in total. The van der Waals surface area contributed by atoms with Crippen LogP contribution in [0.2, 0.25) is 0 Å². The van der Waals surface area contributed by atoms with E-state index in [-0.39, 0.29) is 6.10 Å². The molecule has 0 aromatic heterocycles. The first-order valence-corrected chi connectivity index (χ1v) is 8.74. The Bertz CT molecular complexity index is 464. The first kappa shape index (κ1) is 12.9. The summed E-state index contributed by atoms with van der Waals surface area (Å²) >= 11 is 0.516. The topological polar surface area (TPSA) is 20.2 Å². The number of aliphatic hydroxyl groups is 1. The third-order valence-corrected chi connectivity index (χ3v) is 6.97. The van der Waals surface area contributed by atoms with Crippen LogP contribution in [0.1, 0.15) is 33.6 Å². The summed E-state index contributed by atoms with van der Waals surface area (Å²) in [6.07, 6.45) is 1.69. The third-order valence-electron chi connectivity index (χ3n) is 3.64. The Labute approximate surface area is 120 Å². The second kappa shape index (κ2) is 5.92. The summed E-state index contributed by atoms with van der Waals surface area (Å²) in [5, 5.41) is 10.2. The maximum atomic E-state index is 10.2. The first-order chi connectivity index (χ1) is 9.33. The van der Waals surface area contributed by atoms with E-state index in [1.807, 2.05) is 0 Å². The van der Waals surface area contributed by atoms with Crippen molar-refractivity contribution in [3.63, 3.8) is 0 Å². The predicted molar refractivity (Wildman–Crippen MR) is 79.4 cm³/mol. The van der Waals surface area contributed by atoms with Crippen LogP contribution in [0.15, 0.2) is 60.7 Å². The van der Waals surface area contributed by atoms with Gasteiger partial charge >= 0.3 is 120 Å². The minimum absolute atomic E-state index is 0.161. The van der Waals surface area contributed by atoms with Gasteiger partial charge in [-0.2, -0.15) is 0 Å². The van der Waals surface area contributed by atoms with Gasteiger partial charge in [0, 0.05) is 0 Å². The molecule has 1 aliphatic rings. The van der Waals surface area contributed by atoms with Gasteiger partial charge in [0.25, 0.3) is 0 Å². The van der Waals surface area contributed by atoms with Gasteiger partial charge in [-0.3, -0.25) is 0 Å². The van der Waals surface area contributed by atoms with Gasteiger partial charge in [0.05, 0.1) is 0 Å². The van der Waals surface area contributed by atoms with E-state index in [1.54, 1.807) is 0 Å². The van der Waals surface area contributed by atoms with Crippen LogP contribution in [0.25, 0.3) is 0 Å². The number of aliphatic hydroxyl groups excluding tert-OH is 1. The minimum atomic E-state index is -0.161. The van der Waals surface area contributed by atoms with Crippen LogP contribution in [0.5, 0.6) is 0 Å². The molecular weight excluding hydrogens is 299 g/mol. The Balaban J connectivity index is 1.82. The van der Waals surface area contributed by atoms with Crippen LogP contribution in [0.3, 0.4) is 0 Å². The van der Waals surface area contributed by atoms with Crippen LogP contribution in [-0.4, -0.2) is 26.2 Å². The second-order valence-electron chi connectivity index (χ2n) is 5.06. The maximum absolute atomic E-state index is 10.2. The Morgan fingerprint density at radius 3 is 1.58 bits per heavy atom. The summed E-state index contributed by atoms with van der Waals surface area (Å²) in [6, 6.07) is 21.3. The van der Waals surface area contributed by atoms with E-state index in [0.29, 0.717) is 24.6 Å². The van der Waals surface area contributed by atoms with Crippen molar-refractivity contribution in [2.24, 2.45) is 0 Å². The summed E-state index contributed by atoms with van der Waals surface area (Å²) in [6.45, 7) is 0. The molecule has 0 spiro atoms. The Morgan fingerprint density at radius 2 is 1.16 bits per heavy atom. The van der Waals surface area contributed by atoms with E-state index in [0.717, 1.165) is 12.8 Å². The van der Waals surface area contributed by atoms with Gasteiger partial charge < -0.3 is 0 Å². The molecule has 0 amide bonds. The molecule has 0 saturated carbocycles. The number of hydrogen-bond acceptors (Lipinski definition) is 1. The fourth-order valence-electron chi connectivity index (χ4n) is 2.66. The molecule has 1 aliphatic heterocycles. The Kier molecular flexibility index (Phi) is 4.03. The molecule has 1 N–H and O–H groups in total. The van der Waals surface area contributed by atoms with Crippen molar-refractivity contribution in [1.82, 2.24) is 0 Å². The Morgan fingerprint density at radius 1 is 0.737 bits per heavy atom. The normalized spacial score (nSPS) is 27.1. The molecule has 2 aromatic rings. The van der Waals surface area contributed by atoms with Crippen molar-refractivity contribution in [2.45, 2.75) is 28.6 Å². The number of rotatable bonds is 2. The van der Waals surface area contributed by atoms with Gasteiger partial charge in [0.15, 0.2) is 0 Å². The molecule has 0 radical (unpaired) electrons. The van der Waals surface area contributed by atoms with Crippen LogP contribution >= 0.6 is 0 Å². The average Bonchev–Trinajstić information content (AvgIpc) is 2.48. The van der Waals surface area contributed by atoms with Gasteiger partial charge in [0.2, 0.25) is 0 Å². The van der Waals surface area contributed by atoms with Gasteiger partial charge in [-0.25, -0.2) is 0 Å².